The number of primary amides is 1. The quantitative estimate of drug-likeness (QED) is 0.398. The molecule has 2 aromatic rings. The minimum atomic E-state index is -0.574. The van der Waals surface area contributed by atoms with E-state index in [4.69, 9.17) is 5.73 Å². The number of benzene rings is 2. The molecule has 4 N–H and O–H groups in total. The lowest BCUT2D eigenvalue weighted by Crippen LogP contribution is -2.54. The number of hydrogen-bond acceptors (Lipinski definition) is 4. The highest BCUT2D eigenvalue weighted by Crippen LogP contribution is 2.39. The van der Waals surface area contributed by atoms with E-state index >= 15 is 0 Å². The molecule has 0 radical (unpaired) electrons. The van der Waals surface area contributed by atoms with Gasteiger partial charge < -0.3 is 16.4 Å². The Bertz CT molecular complexity index is 1130. The number of anilines is 1. The molecular formula is C31H42N4O3. The van der Waals surface area contributed by atoms with Crippen molar-refractivity contribution in [1.29, 1.82) is 0 Å². The molecule has 4 rings (SSSR count). The Kier molecular flexibility index (Phi) is 9.21. The van der Waals surface area contributed by atoms with Gasteiger partial charge >= 0.3 is 0 Å². The van der Waals surface area contributed by atoms with E-state index in [-0.39, 0.29) is 29.6 Å². The molecule has 0 saturated carbocycles. The lowest BCUT2D eigenvalue weighted by molar-refractivity contribution is -0.127. The Morgan fingerprint density at radius 2 is 1.82 bits per heavy atom. The summed E-state index contributed by atoms with van der Waals surface area (Å²) in [6.45, 7) is 7.33. The molecule has 0 fully saturated rings. The van der Waals surface area contributed by atoms with Crippen molar-refractivity contribution in [3.63, 3.8) is 0 Å². The number of nitrogens with two attached hydrogens (primary N) is 1. The maximum absolute atomic E-state index is 14.0. The molecule has 0 unspecified atom stereocenters. The van der Waals surface area contributed by atoms with E-state index < -0.39 is 12.1 Å². The normalized spacial score (nSPS) is 20.1. The van der Waals surface area contributed by atoms with Crippen LogP contribution in [0.2, 0.25) is 0 Å². The fraction of sp³-hybridized carbons (Fsp3) is 0.516. The average molecular weight is 519 g/mol. The zero-order chi connectivity index (χ0) is 27.2. The van der Waals surface area contributed by atoms with E-state index in [0.29, 0.717) is 31.8 Å². The highest BCUT2D eigenvalue weighted by molar-refractivity contribution is 6.06. The number of para-hydroxylation sites is 1. The van der Waals surface area contributed by atoms with Crippen LogP contribution in [0.3, 0.4) is 0 Å². The molecule has 2 aliphatic heterocycles. The molecule has 0 bridgehead atoms. The molecule has 0 aromatic heterocycles. The molecule has 2 aromatic carbocycles. The Labute approximate surface area is 226 Å². The van der Waals surface area contributed by atoms with E-state index in [1.54, 1.807) is 4.90 Å². The second kappa shape index (κ2) is 12.6. The lowest BCUT2D eigenvalue weighted by atomic mass is 9.82. The van der Waals surface area contributed by atoms with Crippen molar-refractivity contribution in [2.75, 3.05) is 11.4 Å². The smallest absolute Gasteiger partial charge is 0.244 e. The van der Waals surface area contributed by atoms with Gasteiger partial charge in [-0.15, -0.1) is 0 Å². The fourth-order valence-corrected chi connectivity index (χ4v) is 6.14. The summed E-state index contributed by atoms with van der Waals surface area (Å²) in [6, 6.07) is 14.9. The van der Waals surface area contributed by atoms with Gasteiger partial charge in [-0.1, -0.05) is 75.7 Å². The Hall–Kier alpha value is -3.19. The Morgan fingerprint density at radius 1 is 1.08 bits per heavy atom. The predicted octanol–water partition coefficient (Wildman–Crippen LogP) is 3.73. The first kappa shape index (κ1) is 27.8. The Balaban J connectivity index is 1.52. The first-order chi connectivity index (χ1) is 18.3. The van der Waals surface area contributed by atoms with Gasteiger partial charge in [-0.2, -0.15) is 0 Å². The van der Waals surface area contributed by atoms with Crippen molar-refractivity contribution in [2.24, 2.45) is 23.5 Å². The van der Waals surface area contributed by atoms with Gasteiger partial charge in [0.25, 0.3) is 0 Å². The van der Waals surface area contributed by atoms with E-state index in [9.17, 15) is 14.4 Å². The van der Waals surface area contributed by atoms with Crippen molar-refractivity contribution < 1.29 is 14.4 Å². The van der Waals surface area contributed by atoms with Crippen molar-refractivity contribution >= 4 is 23.4 Å². The van der Waals surface area contributed by atoms with Crippen LogP contribution >= 0.6 is 0 Å². The summed E-state index contributed by atoms with van der Waals surface area (Å²) in [7, 11) is 0. The third-order valence-corrected chi connectivity index (χ3v) is 7.95. The molecule has 2 heterocycles. The first-order valence-electron chi connectivity index (χ1n) is 14.1. The van der Waals surface area contributed by atoms with Crippen LogP contribution < -0.4 is 21.3 Å². The SMILES string of the molecule is CCC[C@H](C(N)=O)[C@H](CN[C@H]1CCc2cccc3c2N(C1=O)[C@H](C(=O)NCc1ccccc1)C3)CC(C)C. The highest BCUT2D eigenvalue weighted by Gasteiger charge is 2.43. The molecule has 3 amide bonds. The van der Waals surface area contributed by atoms with E-state index in [1.807, 2.05) is 42.5 Å². The zero-order valence-electron chi connectivity index (χ0n) is 22.9. The number of nitrogens with zero attached hydrogens (tertiary/aromatic N) is 1. The van der Waals surface area contributed by atoms with Crippen LogP contribution in [-0.2, 0) is 33.8 Å². The van der Waals surface area contributed by atoms with Gasteiger partial charge in [-0.05, 0) is 60.8 Å². The second-order valence-corrected chi connectivity index (χ2v) is 11.2. The van der Waals surface area contributed by atoms with E-state index in [1.165, 1.54) is 0 Å². The van der Waals surface area contributed by atoms with Gasteiger partial charge in [0.05, 0.1) is 11.7 Å². The molecule has 7 nitrogen and oxygen atoms in total. The molecule has 38 heavy (non-hydrogen) atoms. The highest BCUT2D eigenvalue weighted by atomic mass is 16.2. The lowest BCUT2D eigenvalue weighted by Gasteiger charge is -2.31. The summed E-state index contributed by atoms with van der Waals surface area (Å²) in [5.41, 5.74) is 9.88. The molecular weight excluding hydrogens is 476 g/mol. The van der Waals surface area contributed by atoms with Crippen molar-refractivity contribution in [3.05, 3.63) is 65.2 Å². The van der Waals surface area contributed by atoms with Crippen LogP contribution in [-0.4, -0.2) is 36.3 Å². The maximum Gasteiger partial charge on any atom is 0.244 e. The molecule has 0 saturated heterocycles. The molecule has 2 aliphatic rings. The topological polar surface area (TPSA) is 105 Å². The molecule has 4 atom stereocenters. The molecule has 204 valence electrons. The van der Waals surface area contributed by atoms with Gasteiger partial charge in [0, 0.05) is 18.9 Å². The fourth-order valence-electron chi connectivity index (χ4n) is 6.14. The number of rotatable bonds is 12. The minimum absolute atomic E-state index is 0.0602. The number of amides is 3. The zero-order valence-corrected chi connectivity index (χ0v) is 22.9. The van der Waals surface area contributed by atoms with Crippen LogP contribution in [0.15, 0.2) is 48.5 Å². The summed E-state index contributed by atoms with van der Waals surface area (Å²) in [6.07, 6.45) is 4.41. The van der Waals surface area contributed by atoms with Crippen LogP contribution in [0.1, 0.15) is 63.1 Å². The minimum Gasteiger partial charge on any atom is -0.369 e. The van der Waals surface area contributed by atoms with Gasteiger partial charge in [-0.3, -0.25) is 19.3 Å². The predicted molar refractivity (Wildman–Crippen MR) is 150 cm³/mol. The third-order valence-electron chi connectivity index (χ3n) is 7.95. The van der Waals surface area contributed by atoms with E-state index in [0.717, 1.165) is 48.1 Å². The molecule has 7 heteroatoms. The van der Waals surface area contributed by atoms with Crippen molar-refractivity contribution in [3.8, 4) is 0 Å². The number of hydrogen-bond donors (Lipinski definition) is 3. The summed E-state index contributed by atoms with van der Waals surface area (Å²) >= 11 is 0. The van der Waals surface area contributed by atoms with Gasteiger partial charge in [0.1, 0.15) is 6.04 Å². The number of carbonyl (C=O) groups is 3. The standard InChI is InChI=1S/C31H42N4O3/c1-4-9-25(29(32)36)24(16-20(2)3)19-33-26-15-14-22-12-8-13-23-17-27(35(28(22)23)31(26)38)30(37)34-18-21-10-6-5-7-11-21/h5-8,10-13,20,24-27,33H,4,9,14-19H2,1-3H3,(H2,32,36)(H,34,37)/t24-,25-,26-,27-/m0/s1. The second-order valence-electron chi connectivity index (χ2n) is 11.2. The van der Waals surface area contributed by atoms with Gasteiger partial charge in [0.15, 0.2) is 0 Å². The summed E-state index contributed by atoms with van der Waals surface area (Å²) < 4.78 is 0. The Morgan fingerprint density at radius 3 is 2.50 bits per heavy atom. The van der Waals surface area contributed by atoms with Gasteiger partial charge in [-0.25, -0.2) is 0 Å². The third kappa shape index (κ3) is 6.26. The van der Waals surface area contributed by atoms with Crippen LogP contribution in [0.4, 0.5) is 5.69 Å². The monoisotopic (exact) mass is 518 g/mol. The van der Waals surface area contributed by atoms with Crippen molar-refractivity contribution in [1.82, 2.24) is 10.6 Å². The number of nitrogens with one attached hydrogen (secondary N) is 2. The average Bonchev–Trinajstić information content (AvgIpc) is 3.23. The summed E-state index contributed by atoms with van der Waals surface area (Å²) in [4.78, 5) is 41.5. The van der Waals surface area contributed by atoms with Gasteiger partial charge in [0.2, 0.25) is 17.7 Å². The van der Waals surface area contributed by atoms with Crippen molar-refractivity contribution in [2.45, 2.75) is 77.9 Å². The summed E-state index contributed by atoms with van der Waals surface area (Å²) in [5.74, 6) is -0.220. The van der Waals surface area contributed by atoms with Crippen LogP contribution in [0.25, 0.3) is 0 Å². The largest absolute Gasteiger partial charge is 0.369 e. The molecule has 0 spiro atoms. The molecule has 0 aliphatic carbocycles. The maximum atomic E-state index is 14.0. The number of aryl methyl sites for hydroxylation is 1. The summed E-state index contributed by atoms with van der Waals surface area (Å²) in [5, 5.41) is 6.57. The first-order valence-corrected chi connectivity index (χ1v) is 14.1. The van der Waals surface area contributed by atoms with Crippen LogP contribution in [0, 0.1) is 17.8 Å². The van der Waals surface area contributed by atoms with E-state index in [2.05, 4.69) is 37.5 Å². The number of carbonyl (C=O) groups excluding carboxylic acids is 3. The van der Waals surface area contributed by atoms with Crippen LogP contribution in [0.5, 0.6) is 0 Å².